The van der Waals surface area contributed by atoms with Crippen LogP contribution in [-0.2, 0) is 10.0 Å². The van der Waals surface area contributed by atoms with Gasteiger partial charge in [-0.2, -0.15) is 0 Å². The summed E-state index contributed by atoms with van der Waals surface area (Å²) in [5, 5.41) is 10.8. The van der Waals surface area contributed by atoms with Crippen LogP contribution in [0.4, 0.5) is 5.69 Å². The zero-order valence-electron chi connectivity index (χ0n) is 11.0. The molecule has 6 nitrogen and oxygen atoms in total. The van der Waals surface area contributed by atoms with Crippen LogP contribution in [0.25, 0.3) is 4.13 Å². The summed E-state index contributed by atoms with van der Waals surface area (Å²) in [6.45, 7) is 0. The molecule has 0 bridgehead atoms. The second-order valence-electron chi connectivity index (χ2n) is 3.68. The molecule has 0 aliphatic heterocycles. The van der Waals surface area contributed by atoms with Crippen LogP contribution < -0.4 is 51.4 Å². The first kappa shape index (κ1) is 18.8. The predicted octanol–water partition coefficient (Wildman–Crippen LogP) is 0.368. The van der Waals surface area contributed by atoms with Crippen molar-refractivity contribution in [1.29, 1.82) is 0 Å². The molecule has 2 aromatic rings. The van der Waals surface area contributed by atoms with Crippen molar-refractivity contribution in [3.63, 3.8) is 0 Å². The average molecular weight is 348 g/mol. The van der Waals surface area contributed by atoms with Gasteiger partial charge in [0, 0.05) is 11.0 Å². The van der Waals surface area contributed by atoms with Gasteiger partial charge in [-0.25, -0.2) is 20.4 Å². The Morgan fingerprint density at radius 1 is 1.00 bits per heavy atom. The Morgan fingerprint density at radius 3 is 2.19 bits per heavy atom. The number of nitro groups is 1. The summed E-state index contributed by atoms with van der Waals surface area (Å²) in [7, 11) is -3.84. The number of nitrogens with zero attached hydrogens (tertiary/aromatic N) is 2. The van der Waals surface area contributed by atoms with E-state index in [4.69, 9.17) is 0 Å². The first-order valence-corrected chi connectivity index (χ1v) is 7.65. The minimum Gasteiger partial charge on any atom is -0.484 e. The van der Waals surface area contributed by atoms with E-state index in [0.29, 0.717) is 11.9 Å². The molecular formula is C12H9KN2O4S2. The number of benzene rings is 2. The third-order valence-electron chi connectivity index (χ3n) is 2.34. The van der Waals surface area contributed by atoms with Crippen molar-refractivity contribution in [3.8, 4) is 0 Å². The number of para-hydroxylation sites is 1. The summed E-state index contributed by atoms with van der Waals surface area (Å²) < 4.78 is 27.4. The molecule has 104 valence electrons. The first-order chi connectivity index (χ1) is 9.50. The predicted molar refractivity (Wildman–Crippen MR) is 75.9 cm³/mol. The molecule has 0 saturated carbocycles. The number of hydrogen-bond donors (Lipinski definition) is 0. The number of hydrogen-bond acceptors (Lipinski definition) is 5. The maximum absolute atomic E-state index is 11.9. The molecule has 2 rings (SSSR count). The quantitative estimate of drug-likeness (QED) is 0.337. The van der Waals surface area contributed by atoms with Crippen LogP contribution in [0.15, 0.2) is 64.4 Å². The van der Waals surface area contributed by atoms with Gasteiger partial charge >= 0.3 is 51.4 Å². The average Bonchev–Trinajstić information content (AvgIpc) is 2.46. The second kappa shape index (κ2) is 8.39. The third kappa shape index (κ3) is 5.15. The first-order valence-electron chi connectivity index (χ1n) is 5.43. The van der Waals surface area contributed by atoms with E-state index in [2.05, 4.69) is 4.13 Å². The molecule has 0 heterocycles. The topological polar surface area (TPSA) is 91.4 Å². The van der Waals surface area contributed by atoms with E-state index in [1.165, 1.54) is 30.3 Å². The van der Waals surface area contributed by atoms with Crippen LogP contribution >= 0.6 is 11.9 Å². The van der Waals surface area contributed by atoms with Gasteiger partial charge < -0.3 is 4.13 Å². The van der Waals surface area contributed by atoms with Crippen LogP contribution in [-0.4, -0.2) is 13.3 Å². The molecule has 0 N–H and O–H groups in total. The van der Waals surface area contributed by atoms with E-state index in [1.54, 1.807) is 24.3 Å². The number of sulfonamides is 1. The SMILES string of the molecule is O=[N+]([O-])c1ccccc1S[N-]S(=O)(=O)c1ccccc1.[K+]. The van der Waals surface area contributed by atoms with E-state index >= 15 is 0 Å². The van der Waals surface area contributed by atoms with Gasteiger partial charge in [0.2, 0.25) is 0 Å². The molecule has 0 atom stereocenters. The Bertz CT molecular complexity index is 723. The van der Waals surface area contributed by atoms with Crippen molar-refractivity contribution in [1.82, 2.24) is 0 Å². The fourth-order valence-electron chi connectivity index (χ4n) is 1.41. The molecule has 0 saturated heterocycles. The van der Waals surface area contributed by atoms with Crippen LogP contribution in [0.5, 0.6) is 0 Å². The maximum Gasteiger partial charge on any atom is 1.00 e. The van der Waals surface area contributed by atoms with Crippen LogP contribution in [0, 0.1) is 10.1 Å². The molecule has 0 aliphatic carbocycles. The van der Waals surface area contributed by atoms with Crippen LogP contribution in [0.1, 0.15) is 0 Å². The van der Waals surface area contributed by atoms with Crippen LogP contribution in [0.3, 0.4) is 0 Å². The Balaban J connectivity index is 0.00000220. The van der Waals surface area contributed by atoms with Crippen molar-refractivity contribution in [2.45, 2.75) is 9.79 Å². The summed E-state index contributed by atoms with van der Waals surface area (Å²) in [4.78, 5) is 10.5. The normalized spacial score (nSPS) is 10.7. The Kier molecular flexibility index (Phi) is 7.51. The Hall–Kier alpha value is -0.264. The molecule has 21 heavy (non-hydrogen) atoms. The van der Waals surface area contributed by atoms with Crippen LogP contribution in [0.2, 0.25) is 0 Å². The number of nitro benzene ring substituents is 1. The van der Waals surface area contributed by atoms with E-state index in [1.807, 2.05) is 0 Å². The summed E-state index contributed by atoms with van der Waals surface area (Å²) in [6.07, 6.45) is 0. The summed E-state index contributed by atoms with van der Waals surface area (Å²) >= 11 is 0.573. The van der Waals surface area contributed by atoms with Crippen molar-refractivity contribution in [2.24, 2.45) is 0 Å². The molecule has 0 aliphatic rings. The van der Waals surface area contributed by atoms with E-state index in [9.17, 15) is 18.5 Å². The largest absolute Gasteiger partial charge is 1.00 e. The molecule has 0 unspecified atom stereocenters. The number of rotatable bonds is 5. The molecular weight excluding hydrogens is 339 g/mol. The monoisotopic (exact) mass is 348 g/mol. The fraction of sp³-hybridized carbons (Fsp3) is 0. The molecule has 0 radical (unpaired) electrons. The smallest absolute Gasteiger partial charge is 0.484 e. The zero-order chi connectivity index (χ0) is 14.6. The van der Waals surface area contributed by atoms with Gasteiger partial charge in [0.15, 0.2) is 0 Å². The molecule has 0 fully saturated rings. The fourth-order valence-corrected chi connectivity index (χ4v) is 3.34. The molecule has 0 amide bonds. The summed E-state index contributed by atoms with van der Waals surface area (Å²) in [5.41, 5.74) is -0.176. The summed E-state index contributed by atoms with van der Waals surface area (Å²) in [6, 6.07) is 13.5. The van der Waals surface area contributed by atoms with Gasteiger partial charge in [0.1, 0.15) is 10.0 Å². The standard InChI is InChI=1S/C12H9N2O4S2.K/c15-14(16)11-8-4-5-9-12(11)19-13-20(17,18)10-6-2-1-3-7-10;/h1-9H;/q-1;+1. The van der Waals surface area contributed by atoms with E-state index < -0.39 is 14.9 Å². The summed E-state index contributed by atoms with van der Waals surface area (Å²) in [5.74, 6) is 0. The van der Waals surface area contributed by atoms with E-state index in [-0.39, 0.29) is 66.9 Å². The second-order valence-corrected chi connectivity index (χ2v) is 6.32. The maximum atomic E-state index is 11.9. The van der Waals surface area contributed by atoms with E-state index in [0.717, 1.165) is 0 Å². The van der Waals surface area contributed by atoms with Gasteiger partial charge in [0.25, 0.3) is 5.69 Å². The van der Waals surface area contributed by atoms with Crippen molar-refractivity contribution in [2.75, 3.05) is 0 Å². The minimum atomic E-state index is -3.84. The molecule has 2 aromatic carbocycles. The zero-order valence-corrected chi connectivity index (χ0v) is 15.8. The molecule has 9 heteroatoms. The molecule has 0 spiro atoms. The Morgan fingerprint density at radius 2 is 1.57 bits per heavy atom. The van der Waals surface area contributed by atoms with Gasteiger partial charge in [-0.15, -0.1) is 0 Å². The van der Waals surface area contributed by atoms with Gasteiger partial charge in [-0.3, -0.25) is 10.1 Å². The van der Waals surface area contributed by atoms with Crippen molar-refractivity contribution >= 4 is 27.7 Å². The van der Waals surface area contributed by atoms with Gasteiger partial charge in [0.05, 0.1) is 9.82 Å². The van der Waals surface area contributed by atoms with Gasteiger partial charge in [-0.1, -0.05) is 30.3 Å². The minimum absolute atomic E-state index is 0. The van der Waals surface area contributed by atoms with Crippen molar-refractivity contribution < 1.29 is 64.7 Å². The van der Waals surface area contributed by atoms with Gasteiger partial charge in [-0.05, 0) is 18.2 Å². The van der Waals surface area contributed by atoms with Crippen molar-refractivity contribution in [3.05, 3.63) is 68.8 Å². The third-order valence-corrected chi connectivity index (χ3v) is 4.83. The Labute approximate surface area is 169 Å². The molecule has 0 aromatic heterocycles.